The first-order valence-electron chi connectivity index (χ1n) is 8.56. The van der Waals surface area contributed by atoms with Gasteiger partial charge in [0.1, 0.15) is 18.2 Å². The monoisotopic (exact) mass is 371 g/mol. The lowest BCUT2D eigenvalue weighted by atomic mass is 10.1. The number of aryl methyl sites for hydroxylation is 2. The number of aromatic nitrogens is 3. The first-order chi connectivity index (χ1) is 12.6. The summed E-state index contributed by atoms with van der Waals surface area (Å²) >= 11 is 1.55. The van der Waals surface area contributed by atoms with Crippen LogP contribution in [-0.4, -0.2) is 14.8 Å². The minimum Gasteiger partial charge on any atom is -0.485 e. The van der Waals surface area contributed by atoms with E-state index >= 15 is 0 Å². The first-order valence-corrected chi connectivity index (χ1v) is 9.54. The SMILES string of the molecule is CCn1c(COc2cc(C)ccc2C)nnc1SCc1cccc(F)c1. The molecule has 0 saturated heterocycles. The van der Waals surface area contributed by atoms with E-state index in [1.54, 1.807) is 23.9 Å². The summed E-state index contributed by atoms with van der Waals surface area (Å²) in [6.45, 7) is 7.24. The van der Waals surface area contributed by atoms with Gasteiger partial charge in [-0.2, -0.15) is 0 Å². The number of halogens is 1. The fourth-order valence-corrected chi connectivity index (χ4v) is 3.59. The molecule has 1 heterocycles. The summed E-state index contributed by atoms with van der Waals surface area (Å²) in [7, 11) is 0. The topological polar surface area (TPSA) is 39.9 Å². The van der Waals surface area contributed by atoms with Crippen molar-refractivity contribution >= 4 is 11.8 Å². The molecule has 1 aromatic heterocycles. The van der Waals surface area contributed by atoms with Crippen LogP contribution in [0.5, 0.6) is 5.75 Å². The molecule has 3 aromatic rings. The van der Waals surface area contributed by atoms with E-state index in [2.05, 4.69) is 29.3 Å². The second-order valence-electron chi connectivity index (χ2n) is 6.12. The van der Waals surface area contributed by atoms with Crippen LogP contribution in [0.4, 0.5) is 4.39 Å². The Bertz CT molecular complexity index is 895. The molecule has 0 bridgehead atoms. The van der Waals surface area contributed by atoms with Crippen molar-refractivity contribution in [1.82, 2.24) is 14.8 Å². The molecular weight excluding hydrogens is 349 g/mol. The molecule has 0 fully saturated rings. The summed E-state index contributed by atoms with van der Waals surface area (Å²) < 4.78 is 21.3. The molecule has 0 aliphatic heterocycles. The summed E-state index contributed by atoms with van der Waals surface area (Å²) in [6, 6.07) is 12.8. The zero-order valence-electron chi connectivity index (χ0n) is 15.2. The van der Waals surface area contributed by atoms with Crippen LogP contribution >= 0.6 is 11.8 Å². The molecule has 0 amide bonds. The van der Waals surface area contributed by atoms with Gasteiger partial charge in [0.05, 0.1) is 0 Å². The van der Waals surface area contributed by atoms with Gasteiger partial charge in [0.15, 0.2) is 11.0 Å². The van der Waals surface area contributed by atoms with Gasteiger partial charge in [0, 0.05) is 12.3 Å². The van der Waals surface area contributed by atoms with E-state index in [1.807, 2.05) is 30.5 Å². The Morgan fingerprint density at radius 3 is 2.73 bits per heavy atom. The van der Waals surface area contributed by atoms with Crippen LogP contribution in [0.1, 0.15) is 29.4 Å². The van der Waals surface area contributed by atoms with Gasteiger partial charge in [-0.25, -0.2) is 4.39 Å². The van der Waals surface area contributed by atoms with Gasteiger partial charge in [-0.1, -0.05) is 36.0 Å². The minimum absolute atomic E-state index is 0.220. The second-order valence-corrected chi connectivity index (χ2v) is 7.06. The first kappa shape index (κ1) is 18.5. The maximum Gasteiger partial charge on any atom is 0.191 e. The Labute approximate surface area is 157 Å². The number of rotatable bonds is 7. The second kappa shape index (κ2) is 8.36. The lowest BCUT2D eigenvalue weighted by molar-refractivity contribution is 0.286. The maximum atomic E-state index is 13.3. The van der Waals surface area contributed by atoms with Gasteiger partial charge < -0.3 is 9.30 Å². The highest BCUT2D eigenvalue weighted by Gasteiger charge is 2.13. The third-order valence-electron chi connectivity index (χ3n) is 4.07. The van der Waals surface area contributed by atoms with Crippen molar-refractivity contribution in [3.05, 3.63) is 70.8 Å². The Hall–Kier alpha value is -2.34. The largest absolute Gasteiger partial charge is 0.485 e. The molecule has 0 atom stereocenters. The zero-order valence-corrected chi connectivity index (χ0v) is 16.0. The molecule has 0 radical (unpaired) electrons. The van der Waals surface area contributed by atoms with Crippen molar-refractivity contribution < 1.29 is 9.13 Å². The van der Waals surface area contributed by atoms with Crippen LogP contribution in [-0.2, 0) is 18.9 Å². The molecule has 0 spiro atoms. The fraction of sp³-hybridized carbons (Fsp3) is 0.300. The van der Waals surface area contributed by atoms with E-state index in [-0.39, 0.29) is 5.82 Å². The van der Waals surface area contributed by atoms with Crippen LogP contribution in [0.25, 0.3) is 0 Å². The van der Waals surface area contributed by atoms with Crippen molar-refractivity contribution in [2.45, 2.75) is 44.8 Å². The van der Waals surface area contributed by atoms with Crippen LogP contribution in [0.2, 0.25) is 0 Å². The van der Waals surface area contributed by atoms with Gasteiger partial charge in [-0.05, 0) is 55.7 Å². The van der Waals surface area contributed by atoms with Gasteiger partial charge in [0.25, 0.3) is 0 Å². The summed E-state index contributed by atoms with van der Waals surface area (Å²) in [5, 5.41) is 9.37. The Morgan fingerprint density at radius 1 is 1.12 bits per heavy atom. The van der Waals surface area contributed by atoms with Crippen molar-refractivity contribution in [3.63, 3.8) is 0 Å². The molecule has 26 heavy (non-hydrogen) atoms. The van der Waals surface area contributed by atoms with Crippen LogP contribution in [0.15, 0.2) is 47.6 Å². The lowest BCUT2D eigenvalue weighted by Gasteiger charge is -2.11. The van der Waals surface area contributed by atoms with E-state index in [1.165, 1.54) is 6.07 Å². The molecule has 0 aliphatic carbocycles. The van der Waals surface area contributed by atoms with Gasteiger partial charge in [0.2, 0.25) is 0 Å². The standard InChI is InChI=1S/C20H22FN3OS/c1-4-24-19(12-25-18-10-14(2)8-9-15(18)3)22-23-20(24)26-13-16-6-5-7-17(21)11-16/h5-11H,4,12-13H2,1-3H3. The molecule has 3 rings (SSSR count). The van der Waals surface area contributed by atoms with Crippen LogP contribution in [0.3, 0.4) is 0 Å². The van der Waals surface area contributed by atoms with Gasteiger partial charge in [-0.3, -0.25) is 0 Å². The number of benzene rings is 2. The highest BCUT2D eigenvalue weighted by Crippen LogP contribution is 2.24. The molecule has 0 unspecified atom stereocenters. The highest BCUT2D eigenvalue weighted by molar-refractivity contribution is 7.98. The molecule has 6 heteroatoms. The number of hydrogen-bond acceptors (Lipinski definition) is 4. The van der Waals surface area contributed by atoms with Crippen molar-refractivity contribution in [2.24, 2.45) is 0 Å². The Balaban J connectivity index is 1.68. The van der Waals surface area contributed by atoms with Crippen molar-refractivity contribution in [3.8, 4) is 5.75 Å². The lowest BCUT2D eigenvalue weighted by Crippen LogP contribution is -2.07. The van der Waals surface area contributed by atoms with E-state index < -0.39 is 0 Å². The summed E-state index contributed by atoms with van der Waals surface area (Å²) in [5.41, 5.74) is 3.18. The number of thioether (sulfide) groups is 1. The fourth-order valence-electron chi connectivity index (χ4n) is 2.63. The van der Waals surface area contributed by atoms with E-state index in [0.717, 1.165) is 40.0 Å². The predicted octanol–water partition coefficient (Wildman–Crippen LogP) is 4.93. The molecule has 136 valence electrons. The Kier molecular flexibility index (Phi) is 5.93. The summed E-state index contributed by atoms with van der Waals surface area (Å²) in [4.78, 5) is 0. The van der Waals surface area contributed by atoms with Gasteiger partial charge in [-0.15, -0.1) is 10.2 Å². The molecule has 0 N–H and O–H groups in total. The Morgan fingerprint density at radius 2 is 1.96 bits per heavy atom. The summed E-state index contributed by atoms with van der Waals surface area (Å²) in [5.74, 6) is 2.08. The van der Waals surface area contributed by atoms with E-state index in [9.17, 15) is 4.39 Å². The quantitative estimate of drug-likeness (QED) is 0.553. The van der Waals surface area contributed by atoms with Crippen LogP contribution < -0.4 is 4.74 Å². The van der Waals surface area contributed by atoms with E-state index in [0.29, 0.717) is 12.4 Å². The highest BCUT2D eigenvalue weighted by atomic mass is 32.2. The van der Waals surface area contributed by atoms with Gasteiger partial charge >= 0.3 is 0 Å². The molecular formula is C20H22FN3OS. The molecule has 2 aromatic carbocycles. The molecule has 0 saturated carbocycles. The smallest absolute Gasteiger partial charge is 0.191 e. The predicted molar refractivity (Wildman–Crippen MR) is 102 cm³/mol. The third-order valence-corrected chi connectivity index (χ3v) is 5.10. The van der Waals surface area contributed by atoms with E-state index in [4.69, 9.17) is 4.74 Å². The average Bonchev–Trinajstić information content (AvgIpc) is 3.02. The average molecular weight is 371 g/mol. The zero-order chi connectivity index (χ0) is 18.5. The molecule has 0 aliphatic rings. The maximum absolute atomic E-state index is 13.3. The minimum atomic E-state index is -0.220. The number of nitrogens with zero attached hydrogens (tertiary/aromatic N) is 3. The van der Waals surface area contributed by atoms with Crippen LogP contribution in [0, 0.1) is 19.7 Å². The number of hydrogen-bond donors (Lipinski definition) is 0. The molecule has 4 nitrogen and oxygen atoms in total. The third kappa shape index (κ3) is 4.43. The van der Waals surface area contributed by atoms with Crippen molar-refractivity contribution in [1.29, 1.82) is 0 Å². The normalized spacial score (nSPS) is 10.9. The van der Waals surface area contributed by atoms with Crippen molar-refractivity contribution in [2.75, 3.05) is 0 Å². The number of ether oxygens (including phenoxy) is 1. The summed E-state index contributed by atoms with van der Waals surface area (Å²) in [6.07, 6.45) is 0.